The number of carbonyl (C=O) groups is 3. The third kappa shape index (κ3) is 51.4. The van der Waals surface area contributed by atoms with E-state index in [-0.39, 0.29) is 37.7 Å². The van der Waals surface area contributed by atoms with Gasteiger partial charge in [-0.25, -0.2) is 9.68 Å². The van der Waals surface area contributed by atoms with Crippen molar-refractivity contribution in [2.24, 2.45) is 0 Å². The molecule has 8 nitrogen and oxygen atoms in total. The Morgan fingerprint density at radius 1 is 0.391 bits per heavy atom. The molecular formula is C61H98O8. The number of allylic oxidation sites excluding steroid dienone is 19. The molecule has 0 amide bonds. The monoisotopic (exact) mass is 959 g/mol. The van der Waals surface area contributed by atoms with Gasteiger partial charge in [-0.15, -0.1) is 0 Å². The third-order valence-corrected chi connectivity index (χ3v) is 11.3. The zero-order valence-corrected chi connectivity index (χ0v) is 43.8. The molecular weight excluding hydrogens is 861 g/mol. The number of ether oxygens (including phenoxy) is 3. The van der Waals surface area contributed by atoms with Gasteiger partial charge in [0.25, 0.3) is 0 Å². The molecule has 0 rings (SSSR count). The van der Waals surface area contributed by atoms with Gasteiger partial charge < -0.3 is 14.2 Å². The second kappa shape index (κ2) is 54.7. The van der Waals surface area contributed by atoms with E-state index in [1.807, 2.05) is 42.5 Å². The molecule has 0 aliphatic rings. The molecule has 0 saturated carbocycles. The first kappa shape index (κ1) is 64.7. The summed E-state index contributed by atoms with van der Waals surface area (Å²) in [7, 11) is 0. The summed E-state index contributed by atoms with van der Waals surface area (Å²) in [4.78, 5) is 42.5. The summed E-state index contributed by atoms with van der Waals surface area (Å²) in [5.74, 6) is -1.30. The van der Waals surface area contributed by atoms with E-state index in [9.17, 15) is 14.4 Å². The maximum absolute atomic E-state index is 12.8. The predicted octanol–water partition coefficient (Wildman–Crippen LogP) is 17.6. The molecule has 0 aliphatic heterocycles. The van der Waals surface area contributed by atoms with Crippen molar-refractivity contribution in [3.05, 3.63) is 122 Å². The van der Waals surface area contributed by atoms with Crippen molar-refractivity contribution < 1.29 is 38.7 Å². The summed E-state index contributed by atoms with van der Waals surface area (Å²) in [5.41, 5.74) is 0. The van der Waals surface area contributed by atoms with Crippen LogP contribution in [0.25, 0.3) is 0 Å². The van der Waals surface area contributed by atoms with E-state index in [0.717, 1.165) is 135 Å². The minimum Gasteiger partial charge on any atom is -0.462 e. The summed E-state index contributed by atoms with van der Waals surface area (Å²) in [5, 5.41) is 8.92. The average molecular weight is 959 g/mol. The summed E-state index contributed by atoms with van der Waals surface area (Å²) in [6, 6.07) is 0. The maximum atomic E-state index is 12.8. The van der Waals surface area contributed by atoms with E-state index in [0.29, 0.717) is 6.42 Å². The lowest BCUT2D eigenvalue weighted by Gasteiger charge is -2.18. The molecule has 2 unspecified atom stereocenters. The number of hydrogen-bond donors (Lipinski definition) is 1. The molecule has 0 fully saturated rings. The highest BCUT2D eigenvalue weighted by Gasteiger charge is 2.19. The van der Waals surface area contributed by atoms with Crippen LogP contribution in [-0.2, 0) is 33.5 Å². The van der Waals surface area contributed by atoms with Crippen molar-refractivity contribution >= 4 is 17.9 Å². The van der Waals surface area contributed by atoms with Gasteiger partial charge in [0.2, 0.25) is 0 Å². The fourth-order valence-electron chi connectivity index (χ4n) is 7.21. The van der Waals surface area contributed by atoms with E-state index in [1.165, 1.54) is 57.4 Å². The Balaban J connectivity index is 4.68. The maximum Gasteiger partial charge on any atom is 0.330 e. The molecule has 1 N–H and O–H groups in total. The summed E-state index contributed by atoms with van der Waals surface area (Å²) >= 11 is 0. The first-order valence-corrected chi connectivity index (χ1v) is 27.4. The standard InChI is InChI=1S/C61H98O8/c1-4-7-9-11-13-15-17-19-22-27-31-35-39-43-47-52-59(62)66-55-58(68-61(64)54-49-45-41-37-33-29-23-20-18-16-14-12-10-8-5-2)56-67-60(63)53-48-44-40-36-32-28-25-21-24-26-30-34-38-42-46-51-57(69-65)50-6-3/h13-16,19-26,28,30,32,36,40,44,48,53,57-58,65H,4-12,17-18,27,29,31,33-35,37-39,41-43,45-47,49-52,54-56H2,1-3H3/b15-13-,16-14-,22-19-,23-20-,24-21?,28-25?,30-26?,36-32?,44-40?,53-48?. The van der Waals surface area contributed by atoms with Gasteiger partial charge in [0.05, 0.1) is 6.10 Å². The van der Waals surface area contributed by atoms with E-state index in [4.69, 9.17) is 19.5 Å². The highest BCUT2D eigenvalue weighted by atomic mass is 17.1. The van der Waals surface area contributed by atoms with E-state index < -0.39 is 12.1 Å². The van der Waals surface area contributed by atoms with Crippen LogP contribution in [0.5, 0.6) is 0 Å². The molecule has 0 radical (unpaired) electrons. The van der Waals surface area contributed by atoms with E-state index >= 15 is 0 Å². The zero-order chi connectivity index (χ0) is 50.2. The Labute approximate surface area is 421 Å². The second-order valence-corrected chi connectivity index (χ2v) is 17.9. The molecule has 69 heavy (non-hydrogen) atoms. The quantitative estimate of drug-likeness (QED) is 0.00939. The first-order chi connectivity index (χ1) is 34.0. The first-order valence-electron chi connectivity index (χ1n) is 27.4. The normalized spacial score (nSPS) is 13.5. The molecule has 0 heterocycles. The molecule has 0 aromatic heterocycles. The van der Waals surface area contributed by atoms with Crippen LogP contribution in [0.15, 0.2) is 122 Å². The fourth-order valence-corrected chi connectivity index (χ4v) is 7.21. The molecule has 0 saturated heterocycles. The molecule has 390 valence electrons. The lowest BCUT2D eigenvalue weighted by Crippen LogP contribution is -2.30. The lowest BCUT2D eigenvalue weighted by molar-refractivity contribution is -0.281. The van der Waals surface area contributed by atoms with Crippen molar-refractivity contribution in [1.29, 1.82) is 0 Å². The van der Waals surface area contributed by atoms with Crippen LogP contribution >= 0.6 is 0 Å². The van der Waals surface area contributed by atoms with Gasteiger partial charge >= 0.3 is 17.9 Å². The highest BCUT2D eigenvalue weighted by molar-refractivity contribution is 5.82. The van der Waals surface area contributed by atoms with Crippen LogP contribution in [0.4, 0.5) is 0 Å². The Morgan fingerprint density at radius 2 is 0.812 bits per heavy atom. The molecule has 0 aliphatic carbocycles. The van der Waals surface area contributed by atoms with Crippen LogP contribution < -0.4 is 0 Å². The Morgan fingerprint density at radius 3 is 1.32 bits per heavy atom. The van der Waals surface area contributed by atoms with Crippen molar-refractivity contribution in [1.82, 2.24) is 0 Å². The fraction of sp³-hybridized carbons (Fsp3) is 0.623. The molecule has 0 bridgehead atoms. The molecule has 0 aromatic carbocycles. The number of esters is 3. The van der Waals surface area contributed by atoms with Crippen molar-refractivity contribution in [2.45, 2.75) is 232 Å². The van der Waals surface area contributed by atoms with Crippen LogP contribution in [0.2, 0.25) is 0 Å². The van der Waals surface area contributed by atoms with Crippen LogP contribution in [0.3, 0.4) is 0 Å². The summed E-state index contributed by atoms with van der Waals surface area (Å²) in [6.07, 6.45) is 71.3. The van der Waals surface area contributed by atoms with Gasteiger partial charge in [0, 0.05) is 18.9 Å². The number of unbranched alkanes of at least 4 members (excludes halogenated alkanes) is 19. The second-order valence-electron chi connectivity index (χ2n) is 17.9. The zero-order valence-electron chi connectivity index (χ0n) is 43.8. The van der Waals surface area contributed by atoms with Crippen molar-refractivity contribution in [2.75, 3.05) is 13.2 Å². The minimum atomic E-state index is -0.876. The van der Waals surface area contributed by atoms with Crippen molar-refractivity contribution in [3.63, 3.8) is 0 Å². The van der Waals surface area contributed by atoms with Gasteiger partial charge in [-0.2, -0.15) is 0 Å². The van der Waals surface area contributed by atoms with Gasteiger partial charge in [0.1, 0.15) is 13.2 Å². The molecule has 2 atom stereocenters. The Bertz CT molecular complexity index is 1490. The minimum absolute atomic E-state index is 0.0339. The topological polar surface area (TPSA) is 108 Å². The van der Waals surface area contributed by atoms with Crippen molar-refractivity contribution in [3.8, 4) is 0 Å². The number of carbonyl (C=O) groups excluding carboxylic acids is 3. The Kier molecular flexibility index (Phi) is 51.3. The average Bonchev–Trinajstić information content (AvgIpc) is 3.35. The smallest absolute Gasteiger partial charge is 0.330 e. The molecule has 8 heteroatoms. The lowest BCUT2D eigenvalue weighted by atomic mass is 10.1. The van der Waals surface area contributed by atoms with Gasteiger partial charge in [-0.05, 0) is 103 Å². The summed E-state index contributed by atoms with van der Waals surface area (Å²) < 4.78 is 16.6. The number of hydrogen-bond acceptors (Lipinski definition) is 8. The largest absolute Gasteiger partial charge is 0.462 e. The van der Waals surface area contributed by atoms with E-state index in [2.05, 4.69) is 80.3 Å². The number of rotatable bonds is 48. The predicted molar refractivity (Wildman–Crippen MR) is 291 cm³/mol. The van der Waals surface area contributed by atoms with Crippen LogP contribution in [-0.4, -0.2) is 48.6 Å². The van der Waals surface area contributed by atoms with E-state index in [1.54, 1.807) is 18.2 Å². The van der Waals surface area contributed by atoms with Gasteiger partial charge in [0.15, 0.2) is 6.10 Å². The Hall–Kier alpha value is -4.27. The molecule has 0 aromatic rings. The highest BCUT2D eigenvalue weighted by Crippen LogP contribution is 2.14. The van der Waals surface area contributed by atoms with Gasteiger partial charge in [-0.1, -0.05) is 220 Å². The third-order valence-electron chi connectivity index (χ3n) is 11.3. The summed E-state index contributed by atoms with van der Waals surface area (Å²) in [6.45, 7) is 6.20. The van der Waals surface area contributed by atoms with Gasteiger partial charge in [-0.3, -0.25) is 14.8 Å². The SMILES string of the molecule is CCCCC/C=C\C/C=C\CCCCCCCC(=O)OCC(COC(=O)C=CC=CC=CC=CC=CC=CCCCCCC(CCC)OO)OC(=O)CCCCCCC/C=C\C/C=C\CCCCC. The van der Waals surface area contributed by atoms with Crippen LogP contribution in [0, 0.1) is 0 Å². The molecule has 0 spiro atoms. The van der Waals surface area contributed by atoms with Crippen LogP contribution in [0.1, 0.15) is 220 Å².